The molecule has 0 aromatic heterocycles. The van der Waals surface area contributed by atoms with Crippen molar-refractivity contribution >= 4 is 15.9 Å². The van der Waals surface area contributed by atoms with Gasteiger partial charge in [-0.05, 0) is 25.0 Å². The molecule has 1 unspecified atom stereocenters. The van der Waals surface area contributed by atoms with E-state index in [-0.39, 0.29) is 18.0 Å². The molecule has 1 aliphatic heterocycles. The van der Waals surface area contributed by atoms with Gasteiger partial charge in [-0.3, -0.25) is 4.79 Å². The predicted molar refractivity (Wildman–Crippen MR) is 81.5 cm³/mol. The Labute approximate surface area is 139 Å². The van der Waals surface area contributed by atoms with Crippen molar-refractivity contribution in [2.45, 2.75) is 38.0 Å². The molecule has 0 saturated carbocycles. The largest absolute Gasteiger partial charge is 0.471 e. The molecule has 1 saturated heterocycles. The molecule has 0 bridgehead atoms. The van der Waals surface area contributed by atoms with E-state index in [9.17, 15) is 26.4 Å². The quantitative estimate of drug-likeness (QED) is 0.827. The van der Waals surface area contributed by atoms with Gasteiger partial charge in [0.25, 0.3) is 0 Å². The van der Waals surface area contributed by atoms with E-state index in [1.807, 2.05) is 0 Å². The summed E-state index contributed by atoms with van der Waals surface area (Å²) >= 11 is 0. The van der Waals surface area contributed by atoms with Crippen LogP contribution in [0.2, 0.25) is 0 Å². The third-order valence-electron chi connectivity index (χ3n) is 3.90. The van der Waals surface area contributed by atoms with Crippen LogP contribution in [-0.2, 0) is 14.8 Å². The van der Waals surface area contributed by atoms with Crippen LogP contribution in [0, 0.1) is 12.8 Å². The van der Waals surface area contributed by atoms with Crippen molar-refractivity contribution in [3.05, 3.63) is 29.8 Å². The monoisotopic (exact) mass is 364 g/mol. The molecule has 1 heterocycles. The third-order valence-corrected chi connectivity index (χ3v) is 5.79. The van der Waals surface area contributed by atoms with Crippen LogP contribution in [0.4, 0.5) is 13.2 Å². The van der Waals surface area contributed by atoms with Crippen molar-refractivity contribution in [3.63, 3.8) is 0 Å². The van der Waals surface area contributed by atoms with Crippen LogP contribution in [0.25, 0.3) is 0 Å². The van der Waals surface area contributed by atoms with E-state index in [0.717, 1.165) is 9.87 Å². The Bertz CT molecular complexity index is 714. The first kappa shape index (κ1) is 18.7. The van der Waals surface area contributed by atoms with Crippen LogP contribution in [0.5, 0.6) is 0 Å². The number of benzene rings is 1. The third kappa shape index (κ3) is 3.41. The van der Waals surface area contributed by atoms with Crippen molar-refractivity contribution in [3.8, 4) is 0 Å². The Morgan fingerprint density at radius 3 is 2.17 bits per heavy atom. The maximum absolute atomic E-state index is 12.8. The molecule has 5 nitrogen and oxygen atoms in total. The second-order valence-corrected chi connectivity index (χ2v) is 7.97. The molecular formula is C15H19F3N2O3S. The van der Waals surface area contributed by atoms with Gasteiger partial charge >= 0.3 is 12.1 Å². The molecular weight excluding hydrogens is 345 g/mol. The van der Waals surface area contributed by atoms with E-state index < -0.39 is 34.2 Å². The number of rotatable bonds is 3. The van der Waals surface area contributed by atoms with Crippen molar-refractivity contribution in [2.24, 2.45) is 5.92 Å². The van der Waals surface area contributed by atoms with Crippen molar-refractivity contribution in [1.82, 2.24) is 9.21 Å². The molecule has 0 N–H and O–H groups in total. The lowest BCUT2D eigenvalue weighted by molar-refractivity contribution is -0.188. The maximum atomic E-state index is 12.8. The number of hydrogen-bond donors (Lipinski definition) is 0. The lowest BCUT2D eigenvalue weighted by Gasteiger charge is -2.32. The van der Waals surface area contributed by atoms with Gasteiger partial charge < -0.3 is 4.90 Å². The summed E-state index contributed by atoms with van der Waals surface area (Å²) in [5.41, 5.74) is 0.865. The summed E-state index contributed by atoms with van der Waals surface area (Å²) in [6, 6.07) is 6.06. The topological polar surface area (TPSA) is 57.7 Å². The number of carbonyl (C=O) groups is 1. The van der Waals surface area contributed by atoms with Gasteiger partial charge in [-0.15, -0.1) is 0 Å². The molecule has 9 heteroatoms. The number of sulfonamides is 1. The van der Waals surface area contributed by atoms with Gasteiger partial charge in [-0.2, -0.15) is 17.5 Å². The zero-order chi connectivity index (χ0) is 18.3. The smallest absolute Gasteiger partial charge is 0.317 e. The highest BCUT2D eigenvalue weighted by atomic mass is 32.2. The first-order valence-electron chi connectivity index (χ1n) is 7.42. The van der Waals surface area contributed by atoms with Gasteiger partial charge in [-0.1, -0.05) is 31.5 Å². The Morgan fingerprint density at radius 2 is 1.71 bits per heavy atom. The molecule has 134 valence electrons. The van der Waals surface area contributed by atoms with Crippen molar-refractivity contribution in [2.75, 3.05) is 13.1 Å². The molecule has 1 aromatic carbocycles. The summed E-state index contributed by atoms with van der Waals surface area (Å²) in [4.78, 5) is 12.2. The average molecular weight is 364 g/mol. The van der Waals surface area contributed by atoms with E-state index in [0.29, 0.717) is 4.90 Å². The summed E-state index contributed by atoms with van der Waals surface area (Å²) in [7, 11) is -3.99. The zero-order valence-corrected chi connectivity index (χ0v) is 14.4. The summed E-state index contributed by atoms with van der Waals surface area (Å²) < 4.78 is 64.9. The SMILES string of the molecule is Cc1ccc(S(=O)(=O)N2CCN(C(=O)C(F)(F)F)C2C(C)C)cc1. The number of aryl methyl sites for hydroxylation is 1. The van der Waals surface area contributed by atoms with Crippen LogP contribution in [0.3, 0.4) is 0 Å². The summed E-state index contributed by atoms with van der Waals surface area (Å²) in [5, 5.41) is 0. The van der Waals surface area contributed by atoms with Gasteiger partial charge in [0.15, 0.2) is 0 Å². The Kier molecular flexibility index (Phi) is 4.96. The lowest BCUT2D eigenvalue weighted by Crippen LogP contribution is -2.51. The standard InChI is InChI=1S/C15H19F3N2O3S/c1-10(2)13-19(14(21)15(16,17)18)8-9-20(13)24(22,23)12-6-4-11(3)5-7-12/h4-7,10,13H,8-9H2,1-3H3. The maximum Gasteiger partial charge on any atom is 0.471 e. The number of halogens is 3. The van der Waals surface area contributed by atoms with E-state index in [1.165, 1.54) is 12.1 Å². The predicted octanol–water partition coefficient (Wildman–Crippen LogP) is 2.37. The number of amides is 1. The Morgan fingerprint density at radius 1 is 1.17 bits per heavy atom. The second kappa shape index (κ2) is 6.36. The van der Waals surface area contributed by atoms with Gasteiger partial charge in [0, 0.05) is 13.1 Å². The molecule has 0 radical (unpaired) electrons. The highest BCUT2D eigenvalue weighted by Gasteiger charge is 2.51. The summed E-state index contributed by atoms with van der Waals surface area (Å²) in [6.07, 6.45) is -6.19. The highest BCUT2D eigenvalue weighted by molar-refractivity contribution is 7.89. The van der Waals surface area contributed by atoms with Crippen LogP contribution in [-0.4, -0.2) is 49.0 Å². The van der Waals surface area contributed by atoms with Crippen LogP contribution in [0.15, 0.2) is 29.2 Å². The molecule has 0 spiro atoms. The number of alkyl halides is 3. The van der Waals surface area contributed by atoms with Crippen LogP contribution >= 0.6 is 0 Å². The van der Waals surface area contributed by atoms with Crippen molar-refractivity contribution < 1.29 is 26.4 Å². The van der Waals surface area contributed by atoms with Gasteiger partial charge in [0.05, 0.1) is 4.90 Å². The van der Waals surface area contributed by atoms with Gasteiger partial charge in [0.1, 0.15) is 6.17 Å². The summed E-state index contributed by atoms with van der Waals surface area (Å²) in [6.45, 7) is 4.52. The fourth-order valence-electron chi connectivity index (χ4n) is 2.81. The Hall–Kier alpha value is -1.61. The van der Waals surface area contributed by atoms with Crippen molar-refractivity contribution in [1.29, 1.82) is 0 Å². The number of carbonyl (C=O) groups excluding carboxylic acids is 1. The van der Waals surface area contributed by atoms with Crippen LogP contribution in [0.1, 0.15) is 19.4 Å². The minimum atomic E-state index is -5.03. The fraction of sp³-hybridized carbons (Fsp3) is 0.533. The number of nitrogens with zero attached hydrogens (tertiary/aromatic N) is 2. The summed E-state index contributed by atoms with van der Waals surface area (Å²) in [5.74, 6) is -2.50. The molecule has 1 atom stereocenters. The molecule has 0 aliphatic carbocycles. The lowest BCUT2D eigenvalue weighted by atomic mass is 10.1. The average Bonchev–Trinajstić information content (AvgIpc) is 2.91. The van der Waals surface area contributed by atoms with Gasteiger partial charge in [0.2, 0.25) is 10.0 Å². The van der Waals surface area contributed by atoms with E-state index in [4.69, 9.17) is 0 Å². The normalized spacial score (nSPS) is 20.0. The first-order valence-corrected chi connectivity index (χ1v) is 8.86. The minimum Gasteiger partial charge on any atom is -0.317 e. The molecule has 2 rings (SSSR count). The highest BCUT2D eigenvalue weighted by Crippen LogP contribution is 2.31. The number of hydrogen-bond acceptors (Lipinski definition) is 3. The fourth-order valence-corrected chi connectivity index (χ4v) is 4.53. The minimum absolute atomic E-state index is 0.0000534. The molecule has 1 aliphatic rings. The Balaban J connectivity index is 2.40. The van der Waals surface area contributed by atoms with E-state index in [2.05, 4.69) is 0 Å². The van der Waals surface area contributed by atoms with E-state index in [1.54, 1.807) is 32.9 Å². The van der Waals surface area contributed by atoms with Crippen LogP contribution < -0.4 is 0 Å². The first-order chi connectivity index (χ1) is 11.0. The molecule has 1 aromatic rings. The second-order valence-electron chi connectivity index (χ2n) is 6.08. The molecule has 1 amide bonds. The molecule has 24 heavy (non-hydrogen) atoms. The van der Waals surface area contributed by atoms with E-state index >= 15 is 0 Å². The van der Waals surface area contributed by atoms with Gasteiger partial charge in [-0.25, -0.2) is 8.42 Å². The molecule has 1 fully saturated rings. The zero-order valence-electron chi connectivity index (χ0n) is 13.5.